The fourth-order valence-corrected chi connectivity index (χ4v) is 2.61. The predicted molar refractivity (Wildman–Crippen MR) is 80.9 cm³/mol. The van der Waals surface area contributed by atoms with Crippen molar-refractivity contribution in [1.29, 1.82) is 0 Å². The summed E-state index contributed by atoms with van der Waals surface area (Å²) in [6.07, 6.45) is 2.12. The van der Waals surface area contributed by atoms with Crippen LogP contribution in [0, 0.1) is 0 Å². The van der Waals surface area contributed by atoms with Crippen molar-refractivity contribution in [2.45, 2.75) is 31.8 Å². The van der Waals surface area contributed by atoms with E-state index in [-0.39, 0.29) is 5.97 Å². The lowest BCUT2D eigenvalue weighted by Crippen LogP contribution is -2.42. The smallest absolute Gasteiger partial charge is 0.340 e. The van der Waals surface area contributed by atoms with Crippen molar-refractivity contribution in [2.75, 3.05) is 31.8 Å². The molecule has 0 saturated carbocycles. The quantitative estimate of drug-likeness (QED) is 0.653. The van der Waals surface area contributed by atoms with Gasteiger partial charge in [-0.15, -0.1) is 0 Å². The minimum Gasteiger partial charge on any atom is -0.465 e. The molecule has 5 nitrogen and oxygen atoms in total. The van der Waals surface area contributed by atoms with Gasteiger partial charge < -0.3 is 20.7 Å². The van der Waals surface area contributed by atoms with Gasteiger partial charge in [0.1, 0.15) is 0 Å². The molecule has 1 aliphatic rings. The van der Waals surface area contributed by atoms with Crippen LogP contribution in [0.25, 0.3) is 0 Å². The molecule has 1 aromatic rings. The van der Waals surface area contributed by atoms with Crippen LogP contribution in [0.4, 0.5) is 11.4 Å². The largest absolute Gasteiger partial charge is 0.465 e. The SMILES string of the molecule is COC(=O)c1cc(N)ccc1NC1CCN(C)C(C)C1. The highest BCUT2D eigenvalue weighted by Gasteiger charge is 2.24. The van der Waals surface area contributed by atoms with E-state index >= 15 is 0 Å². The van der Waals surface area contributed by atoms with Crippen molar-refractivity contribution >= 4 is 17.3 Å². The molecule has 3 N–H and O–H groups in total. The van der Waals surface area contributed by atoms with Crippen molar-refractivity contribution in [3.63, 3.8) is 0 Å². The van der Waals surface area contributed by atoms with E-state index in [1.807, 2.05) is 6.07 Å². The first kappa shape index (κ1) is 14.7. The van der Waals surface area contributed by atoms with Crippen molar-refractivity contribution in [1.82, 2.24) is 4.90 Å². The molecule has 0 aromatic heterocycles. The molecular weight excluding hydrogens is 254 g/mol. The zero-order valence-corrected chi connectivity index (χ0v) is 12.3. The molecule has 1 saturated heterocycles. The summed E-state index contributed by atoms with van der Waals surface area (Å²) in [6, 6.07) is 6.22. The Bertz CT molecular complexity index is 490. The maximum absolute atomic E-state index is 11.8. The zero-order valence-electron chi connectivity index (χ0n) is 12.3. The first-order valence-corrected chi connectivity index (χ1v) is 6.96. The first-order valence-electron chi connectivity index (χ1n) is 6.96. The number of hydrogen-bond donors (Lipinski definition) is 2. The molecular formula is C15H23N3O2. The van der Waals surface area contributed by atoms with Crippen molar-refractivity contribution in [2.24, 2.45) is 0 Å². The molecule has 1 aromatic carbocycles. The molecule has 1 heterocycles. The van der Waals surface area contributed by atoms with Crippen molar-refractivity contribution in [3.05, 3.63) is 23.8 Å². The van der Waals surface area contributed by atoms with Crippen LogP contribution in [0.1, 0.15) is 30.1 Å². The Hall–Kier alpha value is -1.75. The second-order valence-corrected chi connectivity index (χ2v) is 5.49. The van der Waals surface area contributed by atoms with Gasteiger partial charge in [-0.1, -0.05) is 0 Å². The van der Waals surface area contributed by atoms with E-state index in [2.05, 4.69) is 24.2 Å². The monoisotopic (exact) mass is 277 g/mol. The Morgan fingerprint density at radius 3 is 2.90 bits per heavy atom. The highest BCUT2D eigenvalue weighted by atomic mass is 16.5. The predicted octanol–water partition coefficient (Wildman–Crippen LogP) is 1.95. The number of anilines is 2. The molecule has 110 valence electrons. The number of nitrogens with one attached hydrogen (secondary N) is 1. The topological polar surface area (TPSA) is 67.6 Å². The third kappa shape index (κ3) is 3.22. The Morgan fingerprint density at radius 2 is 2.25 bits per heavy atom. The van der Waals surface area contributed by atoms with Crippen LogP contribution in [0.2, 0.25) is 0 Å². The van der Waals surface area contributed by atoms with E-state index in [0.717, 1.165) is 25.1 Å². The number of esters is 1. The van der Waals surface area contributed by atoms with Crippen LogP contribution in [0.15, 0.2) is 18.2 Å². The minimum atomic E-state index is -0.360. The number of rotatable bonds is 3. The van der Waals surface area contributed by atoms with Gasteiger partial charge in [-0.25, -0.2) is 4.79 Å². The number of ether oxygens (including phenoxy) is 1. The average molecular weight is 277 g/mol. The van der Waals surface area contributed by atoms with Crippen LogP contribution in [0.5, 0.6) is 0 Å². The third-order valence-electron chi connectivity index (χ3n) is 4.02. The van der Waals surface area contributed by atoms with Crippen LogP contribution in [-0.4, -0.2) is 43.7 Å². The number of nitrogens with zero attached hydrogens (tertiary/aromatic N) is 1. The number of benzene rings is 1. The molecule has 2 rings (SSSR count). The van der Waals surface area contributed by atoms with E-state index in [1.54, 1.807) is 12.1 Å². The van der Waals surface area contributed by atoms with Gasteiger partial charge in [-0.3, -0.25) is 0 Å². The molecule has 0 radical (unpaired) electrons. The lowest BCUT2D eigenvalue weighted by atomic mass is 9.98. The number of methoxy groups -OCH3 is 1. The standard InChI is InChI=1S/C15H23N3O2/c1-10-8-12(6-7-18(10)2)17-14-5-4-11(16)9-13(14)15(19)20-3/h4-5,9-10,12,17H,6-8,16H2,1-3H3. The van der Waals surface area contributed by atoms with Crippen molar-refractivity contribution < 1.29 is 9.53 Å². The van der Waals surface area contributed by atoms with Gasteiger partial charge in [0, 0.05) is 30.0 Å². The van der Waals surface area contributed by atoms with E-state index < -0.39 is 0 Å². The fraction of sp³-hybridized carbons (Fsp3) is 0.533. The number of nitrogens with two attached hydrogens (primary N) is 1. The van der Waals surface area contributed by atoms with Gasteiger partial charge >= 0.3 is 5.97 Å². The fourth-order valence-electron chi connectivity index (χ4n) is 2.61. The maximum Gasteiger partial charge on any atom is 0.340 e. The molecule has 20 heavy (non-hydrogen) atoms. The van der Waals surface area contributed by atoms with E-state index in [4.69, 9.17) is 10.5 Å². The average Bonchev–Trinajstić information content (AvgIpc) is 2.44. The van der Waals surface area contributed by atoms with Gasteiger partial charge in [-0.2, -0.15) is 0 Å². The molecule has 5 heteroatoms. The van der Waals surface area contributed by atoms with Crippen molar-refractivity contribution in [3.8, 4) is 0 Å². The molecule has 0 aliphatic carbocycles. The van der Waals surface area contributed by atoms with Gasteiger partial charge in [0.2, 0.25) is 0 Å². The van der Waals surface area contributed by atoms with Gasteiger partial charge in [0.05, 0.1) is 12.7 Å². The summed E-state index contributed by atoms with van der Waals surface area (Å²) >= 11 is 0. The van der Waals surface area contributed by atoms with E-state index in [0.29, 0.717) is 23.3 Å². The zero-order chi connectivity index (χ0) is 14.7. The summed E-state index contributed by atoms with van der Waals surface area (Å²) in [7, 11) is 3.52. The second kappa shape index (κ2) is 6.13. The van der Waals surface area contributed by atoms with Gasteiger partial charge in [0.25, 0.3) is 0 Å². The van der Waals surface area contributed by atoms with Crippen LogP contribution in [0.3, 0.4) is 0 Å². The minimum absolute atomic E-state index is 0.360. The Balaban J connectivity index is 2.15. The Morgan fingerprint density at radius 1 is 1.50 bits per heavy atom. The molecule has 1 fully saturated rings. The normalized spacial score (nSPS) is 23.4. The number of carbonyl (C=O) groups is 1. The van der Waals surface area contributed by atoms with Crippen LogP contribution in [-0.2, 0) is 4.74 Å². The molecule has 0 spiro atoms. The van der Waals surface area contributed by atoms with E-state index in [1.165, 1.54) is 7.11 Å². The Labute approximate surface area is 120 Å². The molecule has 0 amide bonds. The molecule has 0 bridgehead atoms. The number of piperidine rings is 1. The van der Waals surface area contributed by atoms with Crippen LogP contribution >= 0.6 is 0 Å². The highest BCUT2D eigenvalue weighted by Crippen LogP contribution is 2.24. The van der Waals surface area contributed by atoms with Gasteiger partial charge in [0.15, 0.2) is 0 Å². The number of carbonyl (C=O) groups excluding carboxylic acids is 1. The Kier molecular flexibility index (Phi) is 4.49. The lowest BCUT2D eigenvalue weighted by molar-refractivity contribution is 0.0602. The molecule has 1 aliphatic heterocycles. The van der Waals surface area contributed by atoms with Gasteiger partial charge in [-0.05, 0) is 45.0 Å². The summed E-state index contributed by atoms with van der Waals surface area (Å²) in [6.45, 7) is 3.28. The first-order chi connectivity index (χ1) is 9.51. The summed E-state index contributed by atoms with van der Waals surface area (Å²) in [4.78, 5) is 14.2. The number of likely N-dealkylation sites (tertiary alicyclic amines) is 1. The molecule has 2 unspecified atom stereocenters. The number of nitrogen functional groups attached to an aromatic ring is 1. The summed E-state index contributed by atoms with van der Waals surface area (Å²) in [5.41, 5.74) is 7.61. The highest BCUT2D eigenvalue weighted by molar-refractivity contribution is 5.96. The molecule has 2 atom stereocenters. The number of hydrogen-bond acceptors (Lipinski definition) is 5. The summed E-state index contributed by atoms with van der Waals surface area (Å²) < 4.78 is 4.82. The third-order valence-corrected chi connectivity index (χ3v) is 4.02. The maximum atomic E-state index is 11.8. The summed E-state index contributed by atoms with van der Waals surface area (Å²) in [5, 5.41) is 3.46. The second-order valence-electron chi connectivity index (χ2n) is 5.49. The van der Waals surface area contributed by atoms with Crippen LogP contribution < -0.4 is 11.1 Å². The van der Waals surface area contributed by atoms with E-state index in [9.17, 15) is 4.79 Å². The summed E-state index contributed by atoms with van der Waals surface area (Å²) in [5.74, 6) is -0.360. The lowest BCUT2D eigenvalue weighted by Gasteiger charge is -2.36.